The van der Waals surface area contributed by atoms with Crippen molar-refractivity contribution in [2.75, 3.05) is 0 Å². The molecule has 0 unspecified atom stereocenters. The molecule has 3 N–H and O–H groups in total. The summed E-state index contributed by atoms with van der Waals surface area (Å²) >= 11 is 1.33. The average molecular weight is 275 g/mol. The van der Waals surface area contributed by atoms with E-state index in [4.69, 9.17) is 10.9 Å². The molecule has 0 saturated heterocycles. The maximum atomic E-state index is 8.63. The molecule has 98 valence electrons. The lowest BCUT2D eigenvalue weighted by Crippen LogP contribution is -2.15. The molecule has 0 radical (unpaired) electrons. The molecule has 19 heavy (non-hydrogen) atoms. The Balaban J connectivity index is 2.28. The van der Waals surface area contributed by atoms with Gasteiger partial charge < -0.3 is 10.9 Å². The molecule has 0 fully saturated rings. The highest BCUT2D eigenvalue weighted by Crippen LogP contribution is 2.23. The Morgan fingerprint density at radius 1 is 1.32 bits per heavy atom. The van der Waals surface area contributed by atoms with Crippen molar-refractivity contribution in [1.82, 2.24) is 15.0 Å². The summed E-state index contributed by atoms with van der Waals surface area (Å²) in [6, 6.07) is 5.53. The summed E-state index contributed by atoms with van der Waals surface area (Å²) in [6.07, 6.45) is 1.56. The quantitative estimate of drug-likeness (QED) is 0.291. The Kier molecular flexibility index (Phi) is 3.96. The molecule has 0 aliphatic carbocycles. The van der Waals surface area contributed by atoms with Gasteiger partial charge in [0.1, 0.15) is 10.7 Å². The lowest BCUT2D eigenvalue weighted by molar-refractivity contribution is 0.318. The smallest absolute Gasteiger partial charge is 0.194 e. The number of oxime groups is 1. The topological polar surface area (TPSA) is 97.3 Å². The third kappa shape index (κ3) is 3.41. The van der Waals surface area contributed by atoms with Crippen LogP contribution in [0.2, 0.25) is 0 Å². The zero-order valence-corrected chi connectivity index (χ0v) is 11.3. The van der Waals surface area contributed by atoms with Gasteiger partial charge >= 0.3 is 0 Å². The minimum Gasteiger partial charge on any atom is -0.409 e. The molecule has 0 amide bonds. The first-order chi connectivity index (χ1) is 9.08. The zero-order valence-electron chi connectivity index (χ0n) is 10.5. The maximum Gasteiger partial charge on any atom is 0.194 e. The minimum atomic E-state index is -0.0439. The number of hydrogen-bond acceptors (Lipinski definition) is 6. The van der Waals surface area contributed by atoms with E-state index in [2.05, 4.69) is 20.1 Å². The highest BCUT2D eigenvalue weighted by atomic mass is 32.2. The van der Waals surface area contributed by atoms with Crippen molar-refractivity contribution in [3.63, 3.8) is 0 Å². The number of nitrogens with zero attached hydrogens (tertiary/aromatic N) is 4. The van der Waals surface area contributed by atoms with E-state index in [9.17, 15) is 0 Å². The first-order valence-corrected chi connectivity index (χ1v) is 6.34. The lowest BCUT2D eigenvalue weighted by atomic mass is 10.3. The van der Waals surface area contributed by atoms with Crippen LogP contribution in [0.15, 0.2) is 39.7 Å². The van der Waals surface area contributed by atoms with Crippen molar-refractivity contribution in [1.29, 1.82) is 0 Å². The summed E-state index contributed by atoms with van der Waals surface area (Å²) in [5.74, 6) is -0.0439. The van der Waals surface area contributed by atoms with Gasteiger partial charge in [-0.1, -0.05) is 5.16 Å². The van der Waals surface area contributed by atoms with Gasteiger partial charge in [0.2, 0.25) is 0 Å². The fourth-order valence-corrected chi connectivity index (χ4v) is 2.41. The molecule has 0 atom stereocenters. The van der Waals surface area contributed by atoms with Crippen LogP contribution >= 0.6 is 11.8 Å². The molecule has 6 nitrogen and oxygen atoms in total. The fraction of sp³-hybridized carbons (Fsp3) is 0.167. The molecule has 0 aromatic carbocycles. The average Bonchev–Trinajstić information content (AvgIpc) is 2.37. The molecule has 2 rings (SSSR count). The van der Waals surface area contributed by atoms with E-state index >= 15 is 0 Å². The van der Waals surface area contributed by atoms with Crippen molar-refractivity contribution < 1.29 is 5.21 Å². The van der Waals surface area contributed by atoms with Crippen LogP contribution in [0, 0.1) is 13.8 Å². The van der Waals surface area contributed by atoms with E-state index in [1.54, 1.807) is 12.3 Å². The number of rotatable bonds is 3. The van der Waals surface area contributed by atoms with Crippen LogP contribution < -0.4 is 5.73 Å². The Labute approximate surface area is 114 Å². The van der Waals surface area contributed by atoms with E-state index in [0.717, 1.165) is 16.3 Å². The molecule has 2 aromatic rings. The van der Waals surface area contributed by atoms with Crippen LogP contribution in [-0.2, 0) is 0 Å². The van der Waals surface area contributed by atoms with Crippen molar-refractivity contribution >= 4 is 17.6 Å². The number of aromatic nitrogens is 3. The van der Waals surface area contributed by atoms with Crippen LogP contribution in [0.4, 0.5) is 0 Å². The number of hydrogen-bond donors (Lipinski definition) is 2. The summed E-state index contributed by atoms with van der Waals surface area (Å²) in [4.78, 5) is 12.7. The molecule has 0 bridgehead atoms. The number of pyridine rings is 1. The second kappa shape index (κ2) is 5.66. The molecule has 7 heteroatoms. The highest BCUT2D eigenvalue weighted by molar-refractivity contribution is 7.99. The second-order valence-corrected chi connectivity index (χ2v) is 4.92. The van der Waals surface area contributed by atoms with Crippen LogP contribution in [-0.4, -0.2) is 26.0 Å². The van der Waals surface area contributed by atoms with Gasteiger partial charge in [-0.3, -0.25) is 0 Å². The zero-order chi connectivity index (χ0) is 13.8. The number of aryl methyl sites for hydroxylation is 2. The molecular weight excluding hydrogens is 262 g/mol. The van der Waals surface area contributed by atoms with Gasteiger partial charge in [-0.05, 0) is 49.4 Å². The van der Waals surface area contributed by atoms with Gasteiger partial charge in [-0.25, -0.2) is 15.0 Å². The van der Waals surface area contributed by atoms with E-state index in [-0.39, 0.29) is 5.84 Å². The summed E-state index contributed by atoms with van der Waals surface area (Å²) in [5.41, 5.74) is 7.94. The molecule has 0 spiro atoms. The standard InChI is InChI=1S/C12H13N5OS/c1-7-5-8(2)15-10(6-7)19-12-14-4-3-9(16-12)11(13)17-18/h3-6,18H,1-2H3,(H2,13,17). The first-order valence-electron chi connectivity index (χ1n) is 5.52. The normalized spacial score (nSPS) is 11.6. The van der Waals surface area contributed by atoms with E-state index < -0.39 is 0 Å². The lowest BCUT2D eigenvalue weighted by Gasteiger charge is -2.04. The number of nitrogens with two attached hydrogens (primary N) is 1. The second-order valence-electron chi connectivity index (χ2n) is 3.94. The summed E-state index contributed by atoms with van der Waals surface area (Å²) in [7, 11) is 0. The highest BCUT2D eigenvalue weighted by Gasteiger charge is 2.07. The first kappa shape index (κ1) is 13.3. The number of amidine groups is 1. The molecule has 0 saturated carbocycles. The van der Waals surface area contributed by atoms with Crippen molar-refractivity contribution in [3.05, 3.63) is 41.3 Å². The molecule has 2 aromatic heterocycles. The van der Waals surface area contributed by atoms with Crippen LogP contribution in [0.25, 0.3) is 0 Å². The fourth-order valence-electron chi connectivity index (χ4n) is 1.53. The van der Waals surface area contributed by atoms with Crippen molar-refractivity contribution in [2.24, 2.45) is 10.9 Å². The summed E-state index contributed by atoms with van der Waals surface area (Å²) in [5, 5.41) is 12.9. The third-order valence-corrected chi connectivity index (χ3v) is 3.07. The maximum absolute atomic E-state index is 8.63. The van der Waals surface area contributed by atoms with Gasteiger partial charge in [-0.2, -0.15) is 0 Å². The van der Waals surface area contributed by atoms with Gasteiger partial charge in [0, 0.05) is 11.9 Å². The van der Waals surface area contributed by atoms with E-state index in [1.807, 2.05) is 26.0 Å². The van der Waals surface area contributed by atoms with Crippen molar-refractivity contribution in [3.8, 4) is 0 Å². The molecule has 0 aliphatic rings. The van der Waals surface area contributed by atoms with Gasteiger partial charge in [0.05, 0.1) is 0 Å². The van der Waals surface area contributed by atoms with Crippen LogP contribution in [0.5, 0.6) is 0 Å². The summed E-state index contributed by atoms with van der Waals surface area (Å²) < 4.78 is 0. The van der Waals surface area contributed by atoms with E-state index in [1.165, 1.54) is 11.8 Å². The Bertz CT molecular complexity index is 609. The Morgan fingerprint density at radius 2 is 2.11 bits per heavy atom. The third-order valence-electron chi connectivity index (χ3n) is 2.27. The van der Waals surface area contributed by atoms with Crippen molar-refractivity contribution in [2.45, 2.75) is 24.0 Å². The minimum absolute atomic E-state index is 0.0439. The van der Waals surface area contributed by atoms with Gasteiger partial charge in [-0.15, -0.1) is 0 Å². The predicted octanol–water partition coefficient (Wildman–Crippen LogP) is 1.73. The monoisotopic (exact) mass is 275 g/mol. The largest absolute Gasteiger partial charge is 0.409 e. The predicted molar refractivity (Wildman–Crippen MR) is 72.4 cm³/mol. The van der Waals surface area contributed by atoms with Gasteiger partial charge in [0.15, 0.2) is 11.0 Å². The summed E-state index contributed by atoms with van der Waals surface area (Å²) in [6.45, 7) is 3.94. The molecule has 2 heterocycles. The molecular formula is C12H13N5OS. The SMILES string of the molecule is Cc1cc(C)nc(Sc2nccc(/C(N)=N/O)n2)c1. The van der Waals surface area contributed by atoms with Crippen LogP contribution in [0.3, 0.4) is 0 Å². The van der Waals surface area contributed by atoms with Crippen LogP contribution in [0.1, 0.15) is 17.0 Å². The van der Waals surface area contributed by atoms with E-state index in [0.29, 0.717) is 10.9 Å². The van der Waals surface area contributed by atoms with Gasteiger partial charge in [0.25, 0.3) is 0 Å². The molecule has 0 aliphatic heterocycles. The Morgan fingerprint density at radius 3 is 2.79 bits per heavy atom. The Hall–Kier alpha value is -2.15.